The summed E-state index contributed by atoms with van der Waals surface area (Å²) in [6.07, 6.45) is 0. The Balaban J connectivity index is 1.48. The monoisotopic (exact) mass is 493 g/mol. The third-order valence-electron chi connectivity index (χ3n) is 6.29. The molecule has 1 aliphatic heterocycles. The molecular weight excluding hydrogens is 462 g/mol. The number of pyridine rings is 1. The summed E-state index contributed by atoms with van der Waals surface area (Å²) in [5.41, 5.74) is 9.05. The van der Waals surface area contributed by atoms with E-state index in [4.69, 9.17) is 10.7 Å². The third kappa shape index (κ3) is 6.05. The van der Waals surface area contributed by atoms with E-state index in [2.05, 4.69) is 10.2 Å². The lowest BCUT2D eigenvalue weighted by Crippen LogP contribution is -2.47. The number of amides is 2. The number of carbonyl (C=O) groups excluding carboxylic acids is 2. The van der Waals surface area contributed by atoms with E-state index in [0.717, 1.165) is 47.9 Å². The standard InChI is InChI=1S/C26H31N5O3S/c1-17(16-32)19-6-8-20(9-7-19)23-14-22(25(27)34)26(35-23)29-24-5-3-4-21(28-24)15-30-10-12-31(13-11-30)18(2)33/h3-9,14,17,32H,10-13,15-16H2,1-2H3,(H2,27,34)(H,28,29). The van der Waals surface area contributed by atoms with Gasteiger partial charge in [0, 0.05) is 57.0 Å². The molecule has 1 aliphatic rings. The number of hydrogen-bond acceptors (Lipinski definition) is 7. The second-order valence-corrected chi connectivity index (χ2v) is 9.90. The average Bonchev–Trinajstić information content (AvgIpc) is 3.28. The number of aliphatic hydroxyl groups excluding tert-OH is 1. The molecule has 3 aromatic rings. The number of piperazine rings is 1. The third-order valence-corrected chi connectivity index (χ3v) is 7.39. The quantitative estimate of drug-likeness (QED) is 0.443. The van der Waals surface area contributed by atoms with Crippen molar-refractivity contribution in [2.24, 2.45) is 5.73 Å². The second-order valence-electron chi connectivity index (χ2n) is 8.84. The zero-order valence-corrected chi connectivity index (χ0v) is 20.8. The van der Waals surface area contributed by atoms with E-state index in [1.54, 1.807) is 13.0 Å². The molecule has 1 atom stereocenters. The molecule has 1 aromatic carbocycles. The summed E-state index contributed by atoms with van der Waals surface area (Å²) in [6.45, 7) is 7.46. The van der Waals surface area contributed by atoms with E-state index < -0.39 is 5.91 Å². The Morgan fingerprint density at radius 2 is 1.86 bits per heavy atom. The highest BCUT2D eigenvalue weighted by atomic mass is 32.1. The molecule has 0 spiro atoms. The van der Waals surface area contributed by atoms with E-state index in [1.807, 2.05) is 54.3 Å². The van der Waals surface area contributed by atoms with Crippen molar-refractivity contribution >= 4 is 34.0 Å². The highest BCUT2D eigenvalue weighted by Crippen LogP contribution is 2.37. The van der Waals surface area contributed by atoms with Gasteiger partial charge < -0.3 is 21.1 Å². The highest BCUT2D eigenvalue weighted by molar-refractivity contribution is 7.19. The first-order chi connectivity index (χ1) is 16.8. The van der Waals surface area contributed by atoms with Gasteiger partial charge in [0.05, 0.1) is 11.3 Å². The maximum atomic E-state index is 12.1. The molecule has 2 amide bonds. The zero-order valence-electron chi connectivity index (χ0n) is 20.0. The largest absolute Gasteiger partial charge is 0.396 e. The Kier molecular flexibility index (Phi) is 7.80. The Labute approximate surface area is 209 Å². The molecule has 3 heterocycles. The van der Waals surface area contributed by atoms with Gasteiger partial charge in [0.1, 0.15) is 10.8 Å². The van der Waals surface area contributed by atoms with Gasteiger partial charge in [-0.25, -0.2) is 4.98 Å². The first-order valence-corrected chi connectivity index (χ1v) is 12.5. The molecule has 0 radical (unpaired) electrons. The summed E-state index contributed by atoms with van der Waals surface area (Å²) >= 11 is 1.45. The van der Waals surface area contributed by atoms with E-state index in [9.17, 15) is 14.7 Å². The number of primary amides is 1. The lowest BCUT2D eigenvalue weighted by atomic mass is 10.0. The Bertz CT molecular complexity index is 1190. The first kappa shape index (κ1) is 24.8. The van der Waals surface area contributed by atoms with Crippen molar-refractivity contribution < 1.29 is 14.7 Å². The number of benzene rings is 1. The summed E-state index contributed by atoms with van der Waals surface area (Å²) in [6, 6.07) is 15.6. The summed E-state index contributed by atoms with van der Waals surface area (Å²) < 4.78 is 0. The first-order valence-electron chi connectivity index (χ1n) is 11.7. The predicted molar refractivity (Wildman–Crippen MR) is 139 cm³/mol. The molecule has 1 saturated heterocycles. The van der Waals surface area contributed by atoms with Gasteiger partial charge in [0.15, 0.2) is 0 Å². The molecule has 4 rings (SSSR count). The summed E-state index contributed by atoms with van der Waals surface area (Å²) in [5.74, 6) is 0.334. The van der Waals surface area contributed by atoms with Crippen molar-refractivity contribution in [1.82, 2.24) is 14.8 Å². The molecule has 8 nitrogen and oxygen atoms in total. The van der Waals surface area contributed by atoms with Crippen molar-refractivity contribution in [3.8, 4) is 10.4 Å². The van der Waals surface area contributed by atoms with Crippen molar-refractivity contribution in [3.05, 3.63) is 65.4 Å². The van der Waals surface area contributed by atoms with E-state index in [0.29, 0.717) is 22.9 Å². The van der Waals surface area contributed by atoms with E-state index >= 15 is 0 Å². The van der Waals surface area contributed by atoms with Crippen molar-refractivity contribution in [1.29, 1.82) is 0 Å². The molecule has 9 heteroatoms. The number of rotatable bonds is 8. The van der Waals surface area contributed by atoms with Gasteiger partial charge >= 0.3 is 0 Å². The molecule has 0 saturated carbocycles. The fourth-order valence-electron chi connectivity index (χ4n) is 4.09. The smallest absolute Gasteiger partial charge is 0.251 e. The molecule has 184 valence electrons. The number of nitrogens with one attached hydrogen (secondary N) is 1. The number of aliphatic hydroxyl groups is 1. The van der Waals surface area contributed by atoms with Crippen LogP contribution in [0.2, 0.25) is 0 Å². The molecule has 4 N–H and O–H groups in total. The van der Waals surface area contributed by atoms with Crippen molar-refractivity contribution in [2.45, 2.75) is 26.3 Å². The molecule has 0 bridgehead atoms. The topological polar surface area (TPSA) is 112 Å². The van der Waals surface area contributed by atoms with Crippen LogP contribution >= 0.6 is 11.3 Å². The van der Waals surface area contributed by atoms with E-state index in [1.165, 1.54) is 11.3 Å². The zero-order chi connectivity index (χ0) is 24.9. The van der Waals surface area contributed by atoms with Crippen LogP contribution in [-0.4, -0.2) is 64.5 Å². The van der Waals surface area contributed by atoms with Gasteiger partial charge in [-0.1, -0.05) is 37.3 Å². The number of hydrogen-bond donors (Lipinski definition) is 3. The van der Waals surface area contributed by atoms with Crippen LogP contribution in [0, 0.1) is 0 Å². The van der Waals surface area contributed by atoms with Crippen LogP contribution in [-0.2, 0) is 11.3 Å². The van der Waals surface area contributed by atoms with Crippen LogP contribution in [0.1, 0.15) is 41.4 Å². The summed E-state index contributed by atoms with van der Waals surface area (Å²) in [5, 5.41) is 13.3. The number of carbonyl (C=O) groups is 2. The number of nitrogens with zero attached hydrogens (tertiary/aromatic N) is 3. The number of anilines is 2. The van der Waals surface area contributed by atoms with Crippen LogP contribution in [0.25, 0.3) is 10.4 Å². The predicted octanol–water partition coefficient (Wildman–Crippen LogP) is 3.41. The minimum atomic E-state index is -0.500. The van der Waals surface area contributed by atoms with Crippen LogP contribution in [0.5, 0.6) is 0 Å². The van der Waals surface area contributed by atoms with Crippen LogP contribution in [0.4, 0.5) is 10.8 Å². The Hall–Kier alpha value is -3.27. The maximum Gasteiger partial charge on any atom is 0.251 e. The maximum absolute atomic E-state index is 12.1. The molecule has 0 aliphatic carbocycles. The highest BCUT2D eigenvalue weighted by Gasteiger charge is 2.20. The number of nitrogens with two attached hydrogens (primary N) is 1. The number of aromatic nitrogens is 1. The second kappa shape index (κ2) is 11.0. The van der Waals surface area contributed by atoms with Gasteiger partial charge in [-0.3, -0.25) is 14.5 Å². The van der Waals surface area contributed by atoms with Gasteiger partial charge in [-0.15, -0.1) is 11.3 Å². The Morgan fingerprint density at radius 1 is 1.14 bits per heavy atom. The van der Waals surface area contributed by atoms with Crippen LogP contribution in [0.3, 0.4) is 0 Å². The lowest BCUT2D eigenvalue weighted by Gasteiger charge is -2.33. The average molecular weight is 494 g/mol. The SMILES string of the molecule is CC(=O)N1CCN(Cc2cccc(Nc3sc(-c4ccc(C(C)CO)cc4)cc3C(N)=O)n2)CC1. The van der Waals surface area contributed by atoms with Crippen molar-refractivity contribution in [3.63, 3.8) is 0 Å². The molecule has 2 aromatic heterocycles. The fraction of sp³-hybridized carbons (Fsp3) is 0.346. The Morgan fingerprint density at radius 3 is 2.49 bits per heavy atom. The molecule has 1 fully saturated rings. The lowest BCUT2D eigenvalue weighted by molar-refractivity contribution is -0.130. The van der Waals surface area contributed by atoms with Gasteiger partial charge in [-0.2, -0.15) is 0 Å². The fourth-order valence-corrected chi connectivity index (χ4v) is 5.17. The van der Waals surface area contributed by atoms with Gasteiger partial charge in [0.25, 0.3) is 5.91 Å². The molecular formula is C26H31N5O3S. The van der Waals surface area contributed by atoms with Gasteiger partial charge in [0.2, 0.25) is 5.91 Å². The molecule has 35 heavy (non-hydrogen) atoms. The summed E-state index contributed by atoms with van der Waals surface area (Å²) in [7, 11) is 0. The van der Waals surface area contributed by atoms with E-state index in [-0.39, 0.29) is 18.4 Å². The van der Waals surface area contributed by atoms with Crippen LogP contribution in [0.15, 0.2) is 48.5 Å². The summed E-state index contributed by atoms with van der Waals surface area (Å²) in [4.78, 5) is 33.5. The molecule has 1 unspecified atom stereocenters. The normalized spacial score (nSPS) is 15.1. The van der Waals surface area contributed by atoms with Crippen LogP contribution < -0.4 is 11.1 Å². The van der Waals surface area contributed by atoms with Crippen molar-refractivity contribution in [2.75, 3.05) is 38.1 Å². The van der Waals surface area contributed by atoms with Gasteiger partial charge in [-0.05, 0) is 29.3 Å². The minimum absolute atomic E-state index is 0.0714. The number of thiophene rings is 1. The minimum Gasteiger partial charge on any atom is -0.396 e.